The molecule has 156 valence electrons. The van der Waals surface area contributed by atoms with Crippen molar-refractivity contribution in [1.82, 2.24) is 10.3 Å². The zero-order valence-electron chi connectivity index (χ0n) is 16.9. The second-order valence-corrected chi connectivity index (χ2v) is 7.48. The average molecular weight is 431 g/mol. The Kier molecular flexibility index (Phi) is 6.92. The third-order valence-corrected chi connectivity index (χ3v) is 5.22. The zero-order chi connectivity index (χ0) is 21.3. The quantitative estimate of drug-likeness (QED) is 0.371. The smallest absolute Gasteiger partial charge is 0.251 e. The number of hydrogen-bond donors (Lipinski definition) is 1. The van der Waals surface area contributed by atoms with Gasteiger partial charge in [-0.05, 0) is 29.8 Å². The van der Waals surface area contributed by atoms with Gasteiger partial charge in [0, 0.05) is 16.5 Å². The molecule has 0 bridgehead atoms. The molecule has 31 heavy (non-hydrogen) atoms. The summed E-state index contributed by atoms with van der Waals surface area (Å²) in [4.78, 5) is 16.7. The molecule has 0 aliphatic carbocycles. The van der Waals surface area contributed by atoms with E-state index in [1.54, 1.807) is 23.7 Å². The van der Waals surface area contributed by atoms with Crippen molar-refractivity contribution in [3.05, 3.63) is 101 Å². The Morgan fingerprint density at radius 2 is 1.77 bits per heavy atom. The second kappa shape index (κ2) is 10.4. The molecule has 1 N–H and O–H groups in total. The number of benzene rings is 3. The number of nitrogens with one attached hydrogen (secondary N) is 1. The molecule has 4 aromatic rings. The normalized spacial score (nSPS) is 10.5. The maximum atomic E-state index is 12.5. The van der Waals surface area contributed by atoms with Gasteiger partial charge in [0.1, 0.15) is 24.7 Å². The third kappa shape index (κ3) is 5.71. The number of thiazole rings is 1. The molecule has 0 atom stereocenters. The number of hydrogen-bond acceptors (Lipinski definition) is 5. The van der Waals surface area contributed by atoms with E-state index in [1.807, 2.05) is 66.0 Å². The van der Waals surface area contributed by atoms with Crippen molar-refractivity contribution in [1.29, 1.82) is 0 Å². The summed E-state index contributed by atoms with van der Waals surface area (Å²) in [5, 5.41) is 4.83. The second-order valence-electron chi connectivity index (χ2n) is 6.76. The Morgan fingerprint density at radius 3 is 2.61 bits per heavy atom. The van der Waals surface area contributed by atoms with Crippen LogP contribution < -0.4 is 14.8 Å². The lowest BCUT2D eigenvalue weighted by Gasteiger charge is -2.12. The highest BCUT2D eigenvalue weighted by Crippen LogP contribution is 2.29. The highest BCUT2D eigenvalue weighted by atomic mass is 32.1. The van der Waals surface area contributed by atoms with Crippen molar-refractivity contribution >= 4 is 17.2 Å². The van der Waals surface area contributed by atoms with Crippen molar-refractivity contribution in [2.75, 3.05) is 13.2 Å². The Labute approximate surface area is 185 Å². The molecule has 0 aliphatic rings. The van der Waals surface area contributed by atoms with E-state index in [2.05, 4.69) is 10.3 Å². The van der Waals surface area contributed by atoms with E-state index in [9.17, 15) is 4.79 Å². The summed E-state index contributed by atoms with van der Waals surface area (Å²) in [7, 11) is 0. The molecule has 1 aromatic heterocycles. The predicted molar refractivity (Wildman–Crippen MR) is 123 cm³/mol. The van der Waals surface area contributed by atoms with E-state index in [4.69, 9.17) is 9.47 Å². The van der Waals surface area contributed by atoms with E-state index >= 15 is 0 Å². The molecule has 0 unspecified atom stereocenters. The van der Waals surface area contributed by atoms with Crippen molar-refractivity contribution in [2.45, 2.75) is 6.61 Å². The highest BCUT2D eigenvalue weighted by Gasteiger charge is 2.08. The van der Waals surface area contributed by atoms with Gasteiger partial charge in [0.25, 0.3) is 5.91 Å². The van der Waals surface area contributed by atoms with Gasteiger partial charge >= 0.3 is 0 Å². The summed E-state index contributed by atoms with van der Waals surface area (Å²) in [6.45, 7) is 1.14. The fourth-order valence-corrected chi connectivity index (χ4v) is 3.61. The highest BCUT2D eigenvalue weighted by molar-refractivity contribution is 7.07. The van der Waals surface area contributed by atoms with Gasteiger partial charge < -0.3 is 14.8 Å². The minimum absolute atomic E-state index is 0.168. The van der Waals surface area contributed by atoms with Crippen LogP contribution in [0.1, 0.15) is 16.1 Å². The summed E-state index contributed by atoms with van der Waals surface area (Å²) in [6.07, 6.45) is 0. The summed E-state index contributed by atoms with van der Waals surface area (Å²) in [6, 6.07) is 25.1. The standard InChI is InChI=1S/C25H22N2O3S/c28-25(20-9-6-10-22(15-20)30-16-21-17-31-18-27-21)26-13-14-29-24-12-5-4-11-23(24)19-7-2-1-3-8-19/h1-12,15,17-18H,13-14,16H2,(H,26,28). The molecule has 0 saturated heterocycles. The molecule has 0 aliphatic heterocycles. The summed E-state index contributed by atoms with van der Waals surface area (Å²) in [5.41, 5.74) is 5.30. The van der Waals surface area contributed by atoms with E-state index in [-0.39, 0.29) is 5.91 Å². The first kappa shape index (κ1) is 20.6. The molecule has 1 heterocycles. The molecule has 6 heteroatoms. The van der Waals surface area contributed by atoms with Crippen LogP contribution in [0, 0.1) is 0 Å². The molecule has 1 amide bonds. The first-order valence-electron chi connectivity index (χ1n) is 9.95. The van der Waals surface area contributed by atoms with Crippen LogP contribution in [-0.4, -0.2) is 24.0 Å². The average Bonchev–Trinajstić information content (AvgIpc) is 3.35. The van der Waals surface area contributed by atoms with Crippen LogP contribution in [0.5, 0.6) is 11.5 Å². The molecule has 0 spiro atoms. The van der Waals surface area contributed by atoms with Crippen LogP contribution in [-0.2, 0) is 6.61 Å². The van der Waals surface area contributed by atoms with Crippen LogP contribution in [0.2, 0.25) is 0 Å². The first-order valence-corrected chi connectivity index (χ1v) is 10.9. The number of amides is 1. The maximum Gasteiger partial charge on any atom is 0.251 e. The molecule has 0 radical (unpaired) electrons. The van der Waals surface area contributed by atoms with Crippen LogP contribution in [0.25, 0.3) is 11.1 Å². The van der Waals surface area contributed by atoms with Crippen molar-refractivity contribution in [3.8, 4) is 22.6 Å². The van der Waals surface area contributed by atoms with Crippen LogP contribution in [0.15, 0.2) is 89.8 Å². The van der Waals surface area contributed by atoms with Crippen molar-refractivity contribution < 1.29 is 14.3 Å². The van der Waals surface area contributed by atoms with Crippen LogP contribution in [0.4, 0.5) is 0 Å². The Morgan fingerprint density at radius 1 is 0.935 bits per heavy atom. The fraction of sp³-hybridized carbons (Fsp3) is 0.120. The molecule has 0 saturated carbocycles. The number of nitrogens with zero attached hydrogens (tertiary/aromatic N) is 1. The van der Waals surface area contributed by atoms with Gasteiger partial charge in [-0.15, -0.1) is 11.3 Å². The molecule has 3 aromatic carbocycles. The van der Waals surface area contributed by atoms with E-state index in [0.29, 0.717) is 31.1 Å². The van der Waals surface area contributed by atoms with Crippen molar-refractivity contribution in [3.63, 3.8) is 0 Å². The van der Waals surface area contributed by atoms with E-state index < -0.39 is 0 Å². The van der Waals surface area contributed by atoms with E-state index in [1.165, 1.54) is 11.3 Å². The number of carbonyl (C=O) groups is 1. The topological polar surface area (TPSA) is 60.5 Å². The zero-order valence-corrected chi connectivity index (χ0v) is 17.7. The Bertz CT molecular complexity index is 1110. The fourth-order valence-electron chi connectivity index (χ4n) is 3.07. The minimum Gasteiger partial charge on any atom is -0.491 e. The van der Waals surface area contributed by atoms with Crippen LogP contribution in [0.3, 0.4) is 0 Å². The number of ether oxygens (including phenoxy) is 2. The summed E-state index contributed by atoms with van der Waals surface area (Å²) in [5.74, 6) is 1.26. The lowest BCUT2D eigenvalue weighted by atomic mass is 10.1. The minimum atomic E-state index is -0.168. The number of aromatic nitrogens is 1. The summed E-state index contributed by atoms with van der Waals surface area (Å²) < 4.78 is 11.7. The van der Waals surface area contributed by atoms with Gasteiger partial charge in [-0.2, -0.15) is 0 Å². The summed E-state index contributed by atoms with van der Waals surface area (Å²) >= 11 is 1.52. The van der Waals surface area contributed by atoms with E-state index in [0.717, 1.165) is 22.6 Å². The monoisotopic (exact) mass is 430 g/mol. The van der Waals surface area contributed by atoms with Gasteiger partial charge in [0.15, 0.2) is 0 Å². The van der Waals surface area contributed by atoms with Gasteiger partial charge in [0.2, 0.25) is 0 Å². The number of para-hydroxylation sites is 1. The lowest BCUT2D eigenvalue weighted by Crippen LogP contribution is -2.28. The number of rotatable bonds is 9. The SMILES string of the molecule is O=C(NCCOc1ccccc1-c1ccccc1)c1cccc(OCc2cscn2)c1. The Balaban J connectivity index is 1.29. The lowest BCUT2D eigenvalue weighted by molar-refractivity contribution is 0.0946. The number of carbonyl (C=O) groups excluding carboxylic acids is 1. The molecule has 0 fully saturated rings. The molecular formula is C25H22N2O3S. The first-order chi connectivity index (χ1) is 15.3. The van der Waals surface area contributed by atoms with Crippen molar-refractivity contribution in [2.24, 2.45) is 0 Å². The van der Waals surface area contributed by atoms with Gasteiger partial charge in [-0.1, -0.05) is 54.6 Å². The molecule has 4 rings (SSSR count). The Hall–Kier alpha value is -3.64. The largest absolute Gasteiger partial charge is 0.491 e. The predicted octanol–water partition coefficient (Wildman–Crippen LogP) is 5.20. The van der Waals surface area contributed by atoms with Crippen LogP contribution >= 0.6 is 11.3 Å². The molecular weight excluding hydrogens is 408 g/mol. The maximum absolute atomic E-state index is 12.5. The van der Waals surface area contributed by atoms with Gasteiger partial charge in [-0.3, -0.25) is 4.79 Å². The molecule has 5 nitrogen and oxygen atoms in total. The van der Waals surface area contributed by atoms with Gasteiger partial charge in [-0.25, -0.2) is 4.98 Å². The van der Waals surface area contributed by atoms with Gasteiger partial charge in [0.05, 0.1) is 17.7 Å². The third-order valence-electron chi connectivity index (χ3n) is 4.58.